The molecule has 0 saturated heterocycles. The fourth-order valence-electron chi connectivity index (χ4n) is 2.31. The fraction of sp³-hybridized carbons (Fsp3) is 0.611. The van der Waals surface area contributed by atoms with Crippen molar-refractivity contribution in [2.45, 2.75) is 65.1 Å². The van der Waals surface area contributed by atoms with Crippen LogP contribution in [0.2, 0.25) is 0 Å². The summed E-state index contributed by atoms with van der Waals surface area (Å²) in [5, 5.41) is 16.3. The van der Waals surface area contributed by atoms with Gasteiger partial charge in [0, 0.05) is 24.2 Å². The lowest BCUT2D eigenvalue weighted by atomic mass is 10.0. The number of carbonyl (C=O) groups is 1. The molecule has 0 spiro atoms. The van der Waals surface area contributed by atoms with E-state index in [4.69, 9.17) is 4.74 Å². The molecule has 0 fully saturated rings. The molecule has 0 radical (unpaired) electrons. The number of ether oxygens (including phenoxy) is 1. The van der Waals surface area contributed by atoms with E-state index >= 15 is 0 Å². The van der Waals surface area contributed by atoms with Gasteiger partial charge >= 0.3 is 6.09 Å². The number of hydrogen-bond acceptors (Lipinski definition) is 4. The van der Waals surface area contributed by atoms with Crippen molar-refractivity contribution in [3.63, 3.8) is 0 Å². The van der Waals surface area contributed by atoms with Gasteiger partial charge in [0.25, 0.3) is 0 Å². The first-order valence-corrected chi connectivity index (χ1v) is 8.27. The number of amides is 1. The summed E-state index contributed by atoms with van der Waals surface area (Å²) in [6, 6.07) is 7.35. The van der Waals surface area contributed by atoms with Gasteiger partial charge in [-0.05, 0) is 39.7 Å². The van der Waals surface area contributed by atoms with E-state index in [1.54, 1.807) is 6.07 Å². The van der Waals surface area contributed by atoms with Crippen molar-refractivity contribution in [3.8, 4) is 5.75 Å². The van der Waals surface area contributed by atoms with Crippen LogP contribution < -0.4 is 10.6 Å². The van der Waals surface area contributed by atoms with Gasteiger partial charge in [-0.3, -0.25) is 0 Å². The molecular weight excluding hydrogens is 292 g/mol. The summed E-state index contributed by atoms with van der Waals surface area (Å²) < 4.78 is 5.29. The molecule has 5 nitrogen and oxygen atoms in total. The first-order valence-electron chi connectivity index (χ1n) is 8.27. The summed E-state index contributed by atoms with van der Waals surface area (Å²) in [6.07, 6.45) is 1.24. The average Bonchev–Trinajstić information content (AvgIpc) is 2.46. The van der Waals surface area contributed by atoms with E-state index in [1.165, 1.54) is 0 Å². The summed E-state index contributed by atoms with van der Waals surface area (Å²) in [6.45, 7) is 10.2. The Bertz CT molecular complexity index is 497. The fourth-order valence-corrected chi connectivity index (χ4v) is 2.31. The zero-order valence-electron chi connectivity index (χ0n) is 14.8. The molecule has 3 N–H and O–H groups in total. The lowest BCUT2D eigenvalue weighted by Crippen LogP contribution is -2.44. The topological polar surface area (TPSA) is 70.6 Å². The van der Waals surface area contributed by atoms with Crippen molar-refractivity contribution >= 4 is 6.09 Å². The summed E-state index contributed by atoms with van der Waals surface area (Å²) in [5.74, 6) is 0.292. The van der Waals surface area contributed by atoms with Crippen molar-refractivity contribution < 1.29 is 14.6 Å². The first-order chi connectivity index (χ1) is 10.8. The predicted molar refractivity (Wildman–Crippen MR) is 92.6 cm³/mol. The van der Waals surface area contributed by atoms with E-state index in [2.05, 4.69) is 17.6 Å². The van der Waals surface area contributed by atoms with Gasteiger partial charge in [-0.15, -0.1) is 0 Å². The minimum Gasteiger partial charge on any atom is -0.508 e. The number of hydrogen-bond donors (Lipinski definition) is 3. The van der Waals surface area contributed by atoms with Crippen molar-refractivity contribution in [2.24, 2.45) is 0 Å². The van der Waals surface area contributed by atoms with E-state index in [9.17, 15) is 9.90 Å². The molecule has 1 amide bonds. The Balaban J connectivity index is 2.58. The van der Waals surface area contributed by atoms with Crippen LogP contribution in [-0.4, -0.2) is 29.4 Å². The van der Waals surface area contributed by atoms with E-state index in [0.717, 1.165) is 18.4 Å². The van der Waals surface area contributed by atoms with Gasteiger partial charge in [-0.2, -0.15) is 0 Å². The summed E-state index contributed by atoms with van der Waals surface area (Å²) in [5.41, 5.74) is 0.375. The highest BCUT2D eigenvalue weighted by molar-refractivity contribution is 5.68. The maximum atomic E-state index is 11.9. The zero-order chi connectivity index (χ0) is 17.5. The molecule has 0 aliphatic carbocycles. The van der Waals surface area contributed by atoms with Crippen LogP contribution in [0.3, 0.4) is 0 Å². The second-order valence-electron chi connectivity index (χ2n) is 6.68. The van der Waals surface area contributed by atoms with Crippen molar-refractivity contribution in [1.29, 1.82) is 0 Å². The summed E-state index contributed by atoms with van der Waals surface area (Å²) in [7, 11) is 0. The second kappa shape index (κ2) is 8.77. The number of benzene rings is 1. The molecule has 2 atom stereocenters. The zero-order valence-corrected chi connectivity index (χ0v) is 14.8. The van der Waals surface area contributed by atoms with Gasteiger partial charge < -0.3 is 20.5 Å². The molecule has 0 aromatic heterocycles. The number of alkyl carbamates (subject to hydrolysis) is 1. The summed E-state index contributed by atoms with van der Waals surface area (Å²) >= 11 is 0. The Hall–Kier alpha value is -1.75. The van der Waals surface area contributed by atoms with Crippen LogP contribution in [-0.2, 0) is 4.74 Å². The van der Waals surface area contributed by atoms with Crippen LogP contribution in [0.5, 0.6) is 5.75 Å². The maximum absolute atomic E-state index is 11.9. The number of phenols is 1. The average molecular weight is 322 g/mol. The maximum Gasteiger partial charge on any atom is 0.407 e. The highest BCUT2D eigenvalue weighted by Gasteiger charge is 2.20. The lowest BCUT2D eigenvalue weighted by Gasteiger charge is -2.25. The number of aromatic hydroxyl groups is 1. The van der Waals surface area contributed by atoms with Gasteiger partial charge in [-0.25, -0.2) is 4.79 Å². The molecule has 1 aromatic carbocycles. The van der Waals surface area contributed by atoms with E-state index in [-0.39, 0.29) is 12.1 Å². The van der Waals surface area contributed by atoms with Gasteiger partial charge in [0.05, 0.1) is 0 Å². The smallest absolute Gasteiger partial charge is 0.407 e. The Labute approximate surface area is 139 Å². The monoisotopic (exact) mass is 322 g/mol. The van der Waals surface area contributed by atoms with Crippen molar-refractivity contribution in [3.05, 3.63) is 29.8 Å². The van der Waals surface area contributed by atoms with E-state index in [1.807, 2.05) is 45.9 Å². The second-order valence-corrected chi connectivity index (χ2v) is 6.68. The Morgan fingerprint density at radius 1 is 1.22 bits per heavy atom. The molecule has 0 bridgehead atoms. The molecule has 2 unspecified atom stereocenters. The van der Waals surface area contributed by atoms with Crippen molar-refractivity contribution in [1.82, 2.24) is 10.6 Å². The third-order valence-electron chi connectivity index (χ3n) is 3.54. The molecule has 0 saturated carbocycles. The van der Waals surface area contributed by atoms with Gasteiger partial charge in [0.15, 0.2) is 0 Å². The molecule has 5 heteroatoms. The largest absolute Gasteiger partial charge is 0.508 e. The first kappa shape index (κ1) is 19.3. The van der Waals surface area contributed by atoms with Gasteiger partial charge in [-0.1, -0.05) is 32.0 Å². The molecule has 23 heavy (non-hydrogen) atoms. The van der Waals surface area contributed by atoms with Crippen LogP contribution in [0.4, 0.5) is 4.79 Å². The minimum atomic E-state index is -0.502. The SMILES string of the molecule is CCC(CNC(CC)c1ccccc1O)NC(=O)OC(C)(C)C. The molecule has 0 heterocycles. The van der Waals surface area contributed by atoms with Crippen LogP contribution in [0.15, 0.2) is 24.3 Å². The van der Waals surface area contributed by atoms with E-state index < -0.39 is 11.7 Å². The summed E-state index contributed by atoms with van der Waals surface area (Å²) in [4.78, 5) is 11.9. The van der Waals surface area contributed by atoms with Crippen LogP contribution in [0, 0.1) is 0 Å². The number of rotatable bonds is 7. The van der Waals surface area contributed by atoms with E-state index in [0.29, 0.717) is 12.3 Å². The quantitative estimate of drug-likeness (QED) is 0.715. The molecule has 130 valence electrons. The Kier molecular flexibility index (Phi) is 7.36. The molecule has 0 aliphatic rings. The standard InChI is InChI=1S/C18H30N2O3/c1-6-13(20-17(22)23-18(3,4)5)12-19-15(7-2)14-10-8-9-11-16(14)21/h8-11,13,15,19,21H,6-7,12H2,1-5H3,(H,20,22). The molecule has 1 rings (SSSR count). The molecule has 1 aromatic rings. The Morgan fingerprint density at radius 3 is 2.39 bits per heavy atom. The minimum absolute atomic E-state index is 0.0234. The van der Waals surface area contributed by atoms with Gasteiger partial charge in [0.2, 0.25) is 0 Å². The predicted octanol–water partition coefficient (Wildman–Crippen LogP) is 3.74. The highest BCUT2D eigenvalue weighted by atomic mass is 16.6. The van der Waals surface area contributed by atoms with Crippen LogP contribution >= 0.6 is 0 Å². The third-order valence-corrected chi connectivity index (χ3v) is 3.54. The lowest BCUT2D eigenvalue weighted by molar-refractivity contribution is 0.0501. The molecular formula is C18H30N2O3. The number of phenolic OH excluding ortho intramolecular Hbond substituents is 1. The molecule has 0 aliphatic heterocycles. The van der Waals surface area contributed by atoms with Gasteiger partial charge in [0.1, 0.15) is 11.4 Å². The normalized spacial score (nSPS) is 14.1. The number of nitrogens with one attached hydrogen (secondary N) is 2. The van der Waals surface area contributed by atoms with Crippen LogP contribution in [0.25, 0.3) is 0 Å². The van der Waals surface area contributed by atoms with Crippen LogP contribution in [0.1, 0.15) is 59.1 Å². The van der Waals surface area contributed by atoms with Crippen molar-refractivity contribution in [2.75, 3.05) is 6.54 Å². The highest BCUT2D eigenvalue weighted by Crippen LogP contribution is 2.25. The number of para-hydroxylation sites is 1. The Morgan fingerprint density at radius 2 is 1.87 bits per heavy atom. The third kappa shape index (κ3) is 6.91. The number of carbonyl (C=O) groups excluding carboxylic acids is 1.